The van der Waals surface area contributed by atoms with Crippen molar-refractivity contribution < 1.29 is 46.6 Å². The molecule has 0 aromatic heterocycles. The topological polar surface area (TPSA) is 80.9 Å². The zero-order valence-corrected chi connectivity index (χ0v) is 34.9. The first kappa shape index (κ1) is 55.1. The van der Waals surface area contributed by atoms with E-state index in [-0.39, 0.29) is 26.2 Å². The molecule has 5 heteroatoms. The zero-order chi connectivity index (χ0) is 34.1. The molecule has 0 amide bonds. The molecule has 45 heavy (non-hydrogen) atoms. The van der Waals surface area contributed by atoms with Gasteiger partial charge in [0, 0.05) is 52.6 Å². The summed E-state index contributed by atoms with van der Waals surface area (Å²) < 4.78 is 0. The second kappa shape index (κ2) is 51.6. The third-order valence-corrected chi connectivity index (χ3v) is 7.76. The normalized spacial score (nSPS) is 10.7. The van der Waals surface area contributed by atoms with Crippen molar-refractivity contribution in [3.05, 3.63) is 0 Å². The minimum Gasteiger partial charge on any atom is -0.396 e. The molecule has 0 aliphatic heterocycles. The van der Waals surface area contributed by atoms with Crippen LogP contribution >= 0.6 is 0 Å². The van der Waals surface area contributed by atoms with E-state index in [0.29, 0.717) is 26.4 Å². The second-order valence-electron chi connectivity index (χ2n) is 14.7. The number of unbranched alkanes of at least 4 members (excludes halogenated alkanes) is 16. The van der Waals surface area contributed by atoms with Gasteiger partial charge in [-0.3, -0.25) is 0 Å². The third kappa shape index (κ3) is 76.2. The van der Waals surface area contributed by atoms with Crippen LogP contribution in [-0.2, 0) is 26.2 Å². The van der Waals surface area contributed by atoms with Gasteiger partial charge >= 0.3 is 0 Å². The van der Waals surface area contributed by atoms with Crippen LogP contribution in [0, 0.1) is 23.7 Å². The SMILES string of the molecule is CC(C)CCCCCCCO.CC(C)CCCCCCCO.CC(C)CCCCCCCO.CC(C)CCCCCCCO.[Zr]. The molecule has 0 unspecified atom stereocenters. The molecule has 0 aromatic rings. The molecular weight excluding hydrogens is 636 g/mol. The van der Waals surface area contributed by atoms with E-state index in [2.05, 4.69) is 55.4 Å². The average Bonchev–Trinajstić information content (AvgIpc) is 2.97. The number of rotatable bonds is 28. The van der Waals surface area contributed by atoms with Gasteiger partial charge in [-0.2, -0.15) is 0 Å². The monoisotopic (exact) mass is 723 g/mol. The van der Waals surface area contributed by atoms with E-state index in [9.17, 15) is 0 Å². The van der Waals surface area contributed by atoms with Crippen molar-refractivity contribution in [2.45, 2.75) is 209 Å². The van der Waals surface area contributed by atoms with Gasteiger partial charge in [-0.1, -0.05) is 184 Å². The van der Waals surface area contributed by atoms with Gasteiger partial charge in [-0.15, -0.1) is 0 Å². The van der Waals surface area contributed by atoms with Crippen molar-refractivity contribution in [1.82, 2.24) is 0 Å². The van der Waals surface area contributed by atoms with Gasteiger partial charge in [0.15, 0.2) is 0 Å². The smallest absolute Gasteiger partial charge is 0.0431 e. The standard InChI is InChI=1S/4C10H22O.Zr/c4*1-10(2)8-6-4-3-5-7-9-11;/h4*10-11H,3-9H2,1-2H3;. The summed E-state index contributed by atoms with van der Waals surface area (Å²) in [7, 11) is 0. The molecule has 0 radical (unpaired) electrons. The Balaban J connectivity index is -0.000000157. The molecular formula is C40H88O4Zr. The van der Waals surface area contributed by atoms with Gasteiger partial charge in [0.2, 0.25) is 0 Å². The van der Waals surface area contributed by atoms with Crippen molar-refractivity contribution in [2.75, 3.05) is 26.4 Å². The number of hydrogen-bond acceptors (Lipinski definition) is 4. The Hall–Kier alpha value is 0.723. The fraction of sp³-hybridized carbons (Fsp3) is 1.00. The van der Waals surface area contributed by atoms with E-state index in [0.717, 1.165) is 49.4 Å². The zero-order valence-electron chi connectivity index (χ0n) is 32.4. The van der Waals surface area contributed by atoms with Crippen molar-refractivity contribution in [3.8, 4) is 0 Å². The molecule has 0 bridgehead atoms. The van der Waals surface area contributed by atoms with Crippen LogP contribution in [0.1, 0.15) is 209 Å². The predicted molar refractivity (Wildman–Crippen MR) is 199 cm³/mol. The molecule has 4 nitrogen and oxygen atoms in total. The average molecular weight is 724 g/mol. The number of aliphatic hydroxyl groups is 4. The van der Waals surface area contributed by atoms with Crippen molar-refractivity contribution in [3.63, 3.8) is 0 Å². The van der Waals surface area contributed by atoms with Crippen LogP contribution < -0.4 is 0 Å². The first-order valence-corrected chi connectivity index (χ1v) is 19.5. The first-order valence-electron chi connectivity index (χ1n) is 19.5. The minimum absolute atomic E-state index is 0. The maximum atomic E-state index is 8.51. The van der Waals surface area contributed by atoms with Crippen molar-refractivity contribution in [1.29, 1.82) is 0 Å². The van der Waals surface area contributed by atoms with Gasteiger partial charge in [-0.25, -0.2) is 0 Å². The van der Waals surface area contributed by atoms with Crippen LogP contribution in [0.2, 0.25) is 0 Å². The molecule has 4 N–H and O–H groups in total. The summed E-state index contributed by atoms with van der Waals surface area (Å²) in [4.78, 5) is 0. The van der Waals surface area contributed by atoms with Crippen LogP contribution in [0.25, 0.3) is 0 Å². The Morgan fingerprint density at radius 2 is 0.378 bits per heavy atom. The van der Waals surface area contributed by atoms with E-state index in [1.165, 1.54) is 128 Å². The van der Waals surface area contributed by atoms with Crippen molar-refractivity contribution >= 4 is 0 Å². The van der Waals surface area contributed by atoms with Gasteiger partial charge in [0.1, 0.15) is 0 Å². The molecule has 0 heterocycles. The largest absolute Gasteiger partial charge is 0.396 e. The summed E-state index contributed by atoms with van der Waals surface area (Å²) in [5.74, 6) is 3.42. The molecule has 0 aliphatic carbocycles. The number of hydrogen-bond donors (Lipinski definition) is 4. The Labute approximate surface area is 304 Å². The van der Waals surface area contributed by atoms with Crippen LogP contribution in [0.5, 0.6) is 0 Å². The van der Waals surface area contributed by atoms with Gasteiger partial charge in [-0.05, 0) is 49.4 Å². The first-order chi connectivity index (χ1) is 21.1. The molecule has 0 atom stereocenters. The molecule has 0 spiro atoms. The van der Waals surface area contributed by atoms with Gasteiger partial charge < -0.3 is 20.4 Å². The second-order valence-corrected chi connectivity index (χ2v) is 14.7. The third-order valence-electron chi connectivity index (χ3n) is 7.76. The molecule has 276 valence electrons. The Kier molecular flexibility index (Phi) is 63.2. The van der Waals surface area contributed by atoms with Crippen molar-refractivity contribution in [2.24, 2.45) is 23.7 Å². The summed E-state index contributed by atoms with van der Waals surface area (Å²) in [6, 6.07) is 0. The van der Waals surface area contributed by atoms with Crippen LogP contribution in [-0.4, -0.2) is 46.9 Å². The molecule has 0 rings (SSSR count). The van der Waals surface area contributed by atoms with E-state index in [1.54, 1.807) is 0 Å². The Bertz CT molecular complexity index is 364. The van der Waals surface area contributed by atoms with Crippen LogP contribution in [0.3, 0.4) is 0 Å². The van der Waals surface area contributed by atoms with E-state index in [1.807, 2.05) is 0 Å². The van der Waals surface area contributed by atoms with Gasteiger partial charge in [0.05, 0.1) is 0 Å². The summed E-state index contributed by atoms with van der Waals surface area (Å²) >= 11 is 0. The molecule has 0 saturated carbocycles. The maximum Gasteiger partial charge on any atom is 0.0431 e. The molecule has 0 aromatic carbocycles. The minimum atomic E-state index is 0. The fourth-order valence-corrected chi connectivity index (χ4v) is 4.78. The summed E-state index contributed by atoms with van der Waals surface area (Å²) in [6.07, 6.45) is 30.2. The quantitative estimate of drug-likeness (QED) is 0.0606. The Morgan fingerprint density at radius 3 is 0.511 bits per heavy atom. The summed E-state index contributed by atoms with van der Waals surface area (Å²) in [5, 5.41) is 34.0. The van der Waals surface area contributed by atoms with Gasteiger partial charge in [0.25, 0.3) is 0 Å². The fourth-order valence-electron chi connectivity index (χ4n) is 4.78. The summed E-state index contributed by atoms with van der Waals surface area (Å²) in [6.45, 7) is 19.6. The predicted octanol–water partition coefficient (Wildman–Crippen LogP) is 11.9. The van der Waals surface area contributed by atoms with Crippen LogP contribution in [0.15, 0.2) is 0 Å². The molecule has 0 aliphatic rings. The van der Waals surface area contributed by atoms with E-state index in [4.69, 9.17) is 20.4 Å². The van der Waals surface area contributed by atoms with E-state index >= 15 is 0 Å². The Morgan fingerprint density at radius 1 is 0.244 bits per heavy atom. The van der Waals surface area contributed by atoms with Crippen LogP contribution in [0.4, 0.5) is 0 Å². The summed E-state index contributed by atoms with van der Waals surface area (Å²) in [5.41, 5.74) is 0. The van der Waals surface area contributed by atoms with E-state index < -0.39 is 0 Å². The maximum absolute atomic E-state index is 8.51. The molecule has 0 fully saturated rings. The number of aliphatic hydroxyl groups excluding tert-OH is 4. The molecule has 0 saturated heterocycles.